The Balaban J connectivity index is 2.43. The molecule has 1 fully saturated rings. The van der Waals surface area contributed by atoms with Crippen LogP contribution in [0.15, 0.2) is 0 Å². The fourth-order valence-corrected chi connectivity index (χ4v) is 2.80. The summed E-state index contributed by atoms with van der Waals surface area (Å²) in [6.45, 7) is 3.54. The van der Waals surface area contributed by atoms with Crippen LogP contribution >= 0.6 is 0 Å². The van der Waals surface area contributed by atoms with Crippen molar-refractivity contribution >= 4 is 17.7 Å². The van der Waals surface area contributed by atoms with Crippen LogP contribution in [-0.2, 0) is 14.4 Å². The highest BCUT2D eigenvalue weighted by Crippen LogP contribution is 2.14. The quantitative estimate of drug-likeness (QED) is 0.337. The summed E-state index contributed by atoms with van der Waals surface area (Å²) in [5, 5.41) is 11.3. The third-order valence-electron chi connectivity index (χ3n) is 4.21. The molecule has 0 aromatic rings. The number of hydrogen-bond acceptors (Lipinski definition) is 4. The van der Waals surface area contributed by atoms with Crippen molar-refractivity contribution in [2.45, 2.75) is 58.3 Å². The highest BCUT2D eigenvalue weighted by molar-refractivity contribution is 5.88. The first-order valence-electron chi connectivity index (χ1n) is 8.56. The maximum atomic E-state index is 12.2. The number of amides is 3. The second-order valence-corrected chi connectivity index (χ2v) is 6.09. The van der Waals surface area contributed by atoms with Gasteiger partial charge in [-0.2, -0.15) is 0 Å². The monoisotopic (exact) mass is 327 g/mol. The molecule has 1 rings (SSSR count). The number of piperidine rings is 1. The molecule has 1 heterocycles. The number of hydrogen-bond donors (Lipinski definition) is 3. The van der Waals surface area contributed by atoms with Crippen LogP contribution in [0.1, 0.15) is 58.3 Å². The second-order valence-electron chi connectivity index (χ2n) is 6.09. The maximum Gasteiger partial charge on any atom is 0.244 e. The van der Waals surface area contributed by atoms with Gasteiger partial charge in [-0.3, -0.25) is 19.6 Å². The van der Waals surface area contributed by atoms with Crippen LogP contribution in [0.4, 0.5) is 0 Å². The highest BCUT2D eigenvalue weighted by atomic mass is 16.5. The molecule has 1 aliphatic heterocycles. The molecule has 23 heavy (non-hydrogen) atoms. The van der Waals surface area contributed by atoms with Gasteiger partial charge in [0.2, 0.25) is 17.7 Å². The van der Waals surface area contributed by atoms with Crippen LogP contribution < -0.4 is 10.8 Å². The number of carbonyl (C=O) groups excluding carboxylic acids is 3. The number of carbonyl (C=O) groups is 3. The van der Waals surface area contributed by atoms with Gasteiger partial charge in [-0.25, -0.2) is 5.48 Å². The van der Waals surface area contributed by atoms with E-state index in [9.17, 15) is 14.4 Å². The zero-order valence-corrected chi connectivity index (χ0v) is 14.0. The van der Waals surface area contributed by atoms with E-state index in [1.807, 2.05) is 0 Å². The molecule has 132 valence electrons. The van der Waals surface area contributed by atoms with Crippen molar-refractivity contribution in [3.8, 4) is 0 Å². The first-order valence-corrected chi connectivity index (χ1v) is 8.56. The van der Waals surface area contributed by atoms with Gasteiger partial charge in [0.15, 0.2) is 0 Å². The number of nitrogens with one attached hydrogen (secondary N) is 2. The number of rotatable bonds is 9. The molecular formula is C16H29N3O4. The third-order valence-corrected chi connectivity index (χ3v) is 4.21. The average Bonchev–Trinajstić information content (AvgIpc) is 2.59. The summed E-state index contributed by atoms with van der Waals surface area (Å²) in [4.78, 5) is 37.4. The summed E-state index contributed by atoms with van der Waals surface area (Å²) < 4.78 is 0. The van der Waals surface area contributed by atoms with E-state index in [4.69, 9.17) is 5.21 Å². The lowest BCUT2D eigenvalue weighted by molar-refractivity contribution is -0.137. The summed E-state index contributed by atoms with van der Waals surface area (Å²) in [5.41, 5.74) is 1.56. The van der Waals surface area contributed by atoms with Crippen molar-refractivity contribution < 1.29 is 19.6 Å². The Hall–Kier alpha value is -1.63. The van der Waals surface area contributed by atoms with Gasteiger partial charge in [-0.15, -0.1) is 0 Å². The van der Waals surface area contributed by atoms with Crippen LogP contribution in [0.3, 0.4) is 0 Å². The molecule has 0 unspecified atom stereocenters. The summed E-state index contributed by atoms with van der Waals surface area (Å²) in [5.74, 6) is -1.46. The van der Waals surface area contributed by atoms with Crippen molar-refractivity contribution in [1.29, 1.82) is 0 Å². The smallest absolute Gasteiger partial charge is 0.244 e. The molecule has 3 N–H and O–H groups in total. The predicted molar refractivity (Wildman–Crippen MR) is 85.6 cm³/mol. The van der Waals surface area contributed by atoms with Gasteiger partial charge in [-0.1, -0.05) is 26.2 Å². The van der Waals surface area contributed by atoms with Crippen molar-refractivity contribution in [1.82, 2.24) is 15.7 Å². The van der Waals surface area contributed by atoms with Crippen LogP contribution in [0.2, 0.25) is 0 Å². The molecule has 0 bridgehead atoms. The zero-order valence-electron chi connectivity index (χ0n) is 14.0. The second kappa shape index (κ2) is 11.0. The van der Waals surface area contributed by atoms with E-state index < -0.39 is 11.8 Å². The highest BCUT2D eigenvalue weighted by Gasteiger charge is 2.23. The SMILES string of the molecule is CCCCC[C@H](CC(=O)NO)C(=O)NCC(=O)N1CCCCC1. The van der Waals surface area contributed by atoms with E-state index in [-0.39, 0.29) is 24.8 Å². The van der Waals surface area contributed by atoms with Crippen molar-refractivity contribution in [3.63, 3.8) is 0 Å². The van der Waals surface area contributed by atoms with E-state index in [2.05, 4.69) is 12.2 Å². The van der Waals surface area contributed by atoms with Crippen LogP contribution in [0.5, 0.6) is 0 Å². The first-order chi connectivity index (χ1) is 11.1. The molecule has 3 amide bonds. The summed E-state index contributed by atoms with van der Waals surface area (Å²) in [7, 11) is 0. The van der Waals surface area contributed by atoms with E-state index in [0.717, 1.165) is 51.6 Å². The van der Waals surface area contributed by atoms with Crippen molar-refractivity contribution in [3.05, 3.63) is 0 Å². The van der Waals surface area contributed by atoms with Crippen LogP contribution in [0, 0.1) is 5.92 Å². The van der Waals surface area contributed by atoms with Gasteiger partial charge < -0.3 is 10.2 Å². The topological polar surface area (TPSA) is 98.7 Å². The predicted octanol–water partition coefficient (Wildman–Crippen LogP) is 1.21. The van der Waals surface area contributed by atoms with Gasteiger partial charge in [0.1, 0.15) is 0 Å². The van der Waals surface area contributed by atoms with E-state index in [1.54, 1.807) is 10.4 Å². The number of likely N-dealkylation sites (tertiary alicyclic amines) is 1. The Kier molecular flexibility index (Phi) is 9.28. The lowest BCUT2D eigenvalue weighted by Crippen LogP contribution is -2.44. The van der Waals surface area contributed by atoms with Gasteiger partial charge in [0.05, 0.1) is 6.54 Å². The van der Waals surface area contributed by atoms with Crippen molar-refractivity contribution in [2.75, 3.05) is 19.6 Å². The largest absolute Gasteiger partial charge is 0.347 e. The van der Waals surface area contributed by atoms with Gasteiger partial charge in [0.25, 0.3) is 0 Å². The van der Waals surface area contributed by atoms with E-state index in [0.29, 0.717) is 6.42 Å². The molecule has 0 aromatic carbocycles. The molecule has 7 nitrogen and oxygen atoms in total. The third kappa shape index (κ3) is 7.45. The normalized spacial score (nSPS) is 15.8. The Bertz CT molecular complexity index is 395. The minimum Gasteiger partial charge on any atom is -0.347 e. The summed E-state index contributed by atoms with van der Waals surface area (Å²) in [6.07, 6.45) is 6.52. The summed E-state index contributed by atoms with van der Waals surface area (Å²) in [6, 6.07) is 0. The number of hydroxylamine groups is 1. The first kappa shape index (κ1) is 19.4. The molecule has 0 radical (unpaired) electrons. The van der Waals surface area contributed by atoms with E-state index >= 15 is 0 Å². The standard InChI is InChI=1S/C16H29N3O4/c1-2-3-5-8-13(11-14(20)18-23)16(22)17-12-15(21)19-9-6-4-7-10-19/h13,23H,2-12H2,1H3,(H,17,22)(H,18,20)/t13-/m1/s1. The lowest BCUT2D eigenvalue weighted by Gasteiger charge is -2.27. The minimum absolute atomic E-state index is 0.0240. The van der Waals surface area contributed by atoms with Crippen LogP contribution in [-0.4, -0.2) is 47.5 Å². The minimum atomic E-state index is -0.580. The Labute approximate surface area is 137 Å². The molecule has 1 aliphatic rings. The molecule has 7 heteroatoms. The Morgan fingerprint density at radius 3 is 2.43 bits per heavy atom. The molecule has 1 saturated heterocycles. The van der Waals surface area contributed by atoms with E-state index in [1.165, 1.54) is 0 Å². The molecule has 1 atom stereocenters. The Morgan fingerprint density at radius 2 is 1.83 bits per heavy atom. The molecule has 0 saturated carbocycles. The Morgan fingerprint density at radius 1 is 1.13 bits per heavy atom. The maximum absolute atomic E-state index is 12.2. The summed E-state index contributed by atoms with van der Waals surface area (Å²) >= 11 is 0. The molecule has 0 aliphatic carbocycles. The number of unbranched alkanes of at least 4 members (excludes halogenated alkanes) is 2. The molecule has 0 aromatic heterocycles. The van der Waals surface area contributed by atoms with Gasteiger partial charge in [-0.05, 0) is 25.7 Å². The van der Waals surface area contributed by atoms with Gasteiger partial charge in [0, 0.05) is 25.4 Å². The zero-order chi connectivity index (χ0) is 17.1. The molecular weight excluding hydrogens is 298 g/mol. The fourth-order valence-electron chi connectivity index (χ4n) is 2.80. The van der Waals surface area contributed by atoms with Crippen molar-refractivity contribution in [2.24, 2.45) is 5.92 Å². The lowest BCUT2D eigenvalue weighted by atomic mass is 9.96. The van der Waals surface area contributed by atoms with Gasteiger partial charge >= 0.3 is 0 Å². The van der Waals surface area contributed by atoms with Crippen LogP contribution in [0.25, 0.3) is 0 Å². The average molecular weight is 327 g/mol. The number of nitrogens with zero attached hydrogens (tertiary/aromatic N) is 1. The fraction of sp³-hybridized carbons (Fsp3) is 0.812. The molecule has 0 spiro atoms.